The van der Waals surface area contributed by atoms with Crippen LogP contribution in [0, 0.1) is 23.7 Å². The Labute approximate surface area is 223 Å². The highest BCUT2D eigenvalue weighted by atomic mass is 16.3. The molecule has 39 heavy (non-hydrogen) atoms. The molecule has 5 rings (SSSR count). The van der Waals surface area contributed by atoms with Crippen LogP contribution in [0.1, 0.15) is 39.6 Å². The minimum absolute atomic E-state index is 0.0255. The van der Waals surface area contributed by atoms with Gasteiger partial charge in [0.1, 0.15) is 5.75 Å². The van der Waals surface area contributed by atoms with Gasteiger partial charge in [-0.1, -0.05) is 30.3 Å². The Morgan fingerprint density at radius 2 is 1.64 bits per heavy atom. The summed E-state index contributed by atoms with van der Waals surface area (Å²) in [5.41, 5.74) is 4.84. The van der Waals surface area contributed by atoms with Crippen molar-refractivity contribution in [2.45, 2.75) is 31.4 Å². The second kappa shape index (κ2) is 9.03. The molecule has 0 radical (unpaired) electrons. The van der Waals surface area contributed by atoms with Gasteiger partial charge in [-0.05, 0) is 62.5 Å². The molecule has 2 aromatic carbocycles. The number of ketones is 5. The molecule has 3 aliphatic carbocycles. The van der Waals surface area contributed by atoms with Crippen LogP contribution in [-0.2, 0) is 25.6 Å². The van der Waals surface area contributed by atoms with Crippen molar-refractivity contribution in [2.24, 2.45) is 29.4 Å². The number of aliphatic hydroxyl groups is 1. The van der Waals surface area contributed by atoms with Crippen LogP contribution < -0.4 is 5.73 Å². The van der Waals surface area contributed by atoms with Gasteiger partial charge in [0, 0.05) is 11.5 Å². The third-order valence-corrected chi connectivity index (χ3v) is 8.55. The fourth-order valence-corrected chi connectivity index (χ4v) is 6.76. The number of aromatic hydroxyl groups is 1. The van der Waals surface area contributed by atoms with E-state index in [2.05, 4.69) is 0 Å². The molecule has 0 bridgehead atoms. The molecule has 4 N–H and O–H groups in total. The van der Waals surface area contributed by atoms with Crippen molar-refractivity contribution in [3.05, 3.63) is 53.1 Å². The minimum Gasteiger partial charge on any atom is -0.507 e. The maximum absolute atomic E-state index is 13.9. The first-order valence-corrected chi connectivity index (χ1v) is 12.6. The van der Waals surface area contributed by atoms with E-state index in [9.17, 15) is 39.0 Å². The van der Waals surface area contributed by atoms with Crippen LogP contribution in [0.25, 0.3) is 11.1 Å². The lowest BCUT2D eigenvalue weighted by Gasteiger charge is -2.52. The number of phenols is 1. The van der Waals surface area contributed by atoms with Gasteiger partial charge in [0.25, 0.3) is 0 Å². The number of nitrogens with two attached hydrogens (primary N) is 1. The molecule has 0 aromatic heterocycles. The highest BCUT2D eigenvalue weighted by molar-refractivity contribution is 6.32. The lowest BCUT2D eigenvalue weighted by Crippen LogP contribution is -2.74. The van der Waals surface area contributed by atoms with E-state index in [1.165, 1.54) is 32.0 Å². The van der Waals surface area contributed by atoms with Crippen molar-refractivity contribution in [3.8, 4) is 16.9 Å². The number of fused-ring (bicyclic) bond motifs is 3. The first-order chi connectivity index (χ1) is 18.3. The van der Waals surface area contributed by atoms with Gasteiger partial charge in [-0.2, -0.15) is 0 Å². The molecule has 0 heterocycles. The number of carbonyl (C=O) groups is 6. The van der Waals surface area contributed by atoms with Crippen LogP contribution in [-0.4, -0.2) is 75.7 Å². The van der Waals surface area contributed by atoms with E-state index in [-0.39, 0.29) is 29.9 Å². The number of phenolic OH excluding ortho intramolecular Hbond substituents is 1. The van der Waals surface area contributed by atoms with Gasteiger partial charge < -0.3 is 15.9 Å². The SMILES string of the molecule is CC(=O)c1ccc(-c2ccc(O)c3c2C[C@@H]2C[C@@H]4[C@@H](N(C)C)C(=O)C(C(N)=O)C(=O)[C@]4(O)C(=O)C2C3=O)cc1. The molecule has 2 fully saturated rings. The third kappa shape index (κ3) is 3.70. The van der Waals surface area contributed by atoms with Gasteiger partial charge in [-0.3, -0.25) is 33.7 Å². The zero-order valence-electron chi connectivity index (χ0n) is 21.6. The minimum atomic E-state index is -2.76. The van der Waals surface area contributed by atoms with E-state index in [4.69, 9.17) is 5.73 Å². The zero-order chi connectivity index (χ0) is 28.5. The fraction of sp³-hybridized carbons (Fsp3) is 0.379. The average molecular weight is 533 g/mol. The lowest BCUT2D eigenvalue weighted by atomic mass is 9.52. The summed E-state index contributed by atoms with van der Waals surface area (Å²) < 4.78 is 0. The van der Waals surface area contributed by atoms with Gasteiger partial charge in [0.2, 0.25) is 5.91 Å². The Morgan fingerprint density at radius 1 is 1.00 bits per heavy atom. The molecule has 3 aliphatic rings. The number of nitrogens with zero attached hydrogens (tertiary/aromatic N) is 1. The number of primary amides is 1. The Hall–Kier alpha value is -4.02. The second-order valence-corrected chi connectivity index (χ2v) is 10.9. The Bertz CT molecular complexity index is 1480. The van der Waals surface area contributed by atoms with E-state index in [0.717, 1.165) is 0 Å². The molecule has 2 aromatic rings. The first kappa shape index (κ1) is 26.6. The Kier molecular flexibility index (Phi) is 6.15. The topological polar surface area (TPSA) is 172 Å². The van der Waals surface area contributed by atoms with Crippen LogP contribution in [0.3, 0.4) is 0 Å². The normalized spacial score (nSPS) is 30.0. The van der Waals surface area contributed by atoms with Crippen LogP contribution in [0.4, 0.5) is 0 Å². The molecule has 2 saturated carbocycles. The molecule has 2 unspecified atom stereocenters. The number of hydrogen-bond acceptors (Lipinski definition) is 9. The molecule has 10 heteroatoms. The van der Waals surface area contributed by atoms with Crippen molar-refractivity contribution in [3.63, 3.8) is 0 Å². The number of rotatable bonds is 4. The van der Waals surface area contributed by atoms with Crippen molar-refractivity contribution < 1.29 is 39.0 Å². The quantitative estimate of drug-likeness (QED) is 0.379. The monoisotopic (exact) mass is 532 g/mol. The maximum Gasteiger partial charge on any atom is 0.235 e. The number of likely N-dealkylation sites (N-methyl/N-ethyl adjacent to an activating group) is 1. The van der Waals surface area contributed by atoms with Crippen molar-refractivity contribution in [1.82, 2.24) is 4.90 Å². The van der Waals surface area contributed by atoms with Crippen molar-refractivity contribution >= 4 is 34.8 Å². The summed E-state index contributed by atoms with van der Waals surface area (Å²) in [4.78, 5) is 79.4. The van der Waals surface area contributed by atoms with Gasteiger partial charge in [0.15, 0.2) is 40.4 Å². The fourth-order valence-electron chi connectivity index (χ4n) is 6.76. The summed E-state index contributed by atoms with van der Waals surface area (Å²) in [6, 6.07) is 8.61. The number of Topliss-reactive ketones (excluding diaryl/α,β-unsaturated/α-hetero) is 5. The number of carbonyl (C=O) groups excluding carboxylic acids is 6. The van der Waals surface area contributed by atoms with E-state index in [1.807, 2.05) is 0 Å². The molecule has 1 amide bonds. The smallest absolute Gasteiger partial charge is 0.235 e. The standard InChI is InChI=1S/C29H28N2O8/c1-12(32)13-4-6-14(7-5-13)16-8-9-19(33)21-17(16)10-15-11-18-23(31(2)3)25(35)22(28(30)38)27(37)29(18,39)26(36)20(15)24(21)34/h4-9,15,18,20,22-23,33,39H,10-11H2,1-3H3,(H2,30,38)/t15-,18-,20?,22?,23-,29-/m1/s1. The molecule has 6 atom stereocenters. The Balaban J connectivity index is 1.64. The van der Waals surface area contributed by atoms with Gasteiger partial charge in [-0.15, -0.1) is 0 Å². The summed E-state index contributed by atoms with van der Waals surface area (Å²) in [7, 11) is 3.07. The van der Waals surface area contributed by atoms with Gasteiger partial charge >= 0.3 is 0 Å². The van der Waals surface area contributed by atoms with E-state index < -0.39 is 64.4 Å². The molecule has 0 spiro atoms. The van der Waals surface area contributed by atoms with Crippen LogP contribution >= 0.6 is 0 Å². The molecule has 202 valence electrons. The van der Waals surface area contributed by atoms with E-state index >= 15 is 0 Å². The highest BCUT2D eigenvalue weighted by Gasteiger charge is 2.69. The van der Waals surface area contributed by atoms with Crippen molar-refractivity contribution in [1.29, 1.82) is 0 Å². The lowest BCUT2D eigenvalue weighted by molar-refractivity contribution is -0.181. The molecule has 10 nitrogen and oxygen atoms in total. The third-order valence-electron chi connectivity index (χ3n) is 8.55. The van der Waals surface area contributed by atoms with Crippen LogP contribution in [0.2, 0.25) is 0 Å². The average Bonchev–Trinajstić information content (AvgIpc) is 2.86. The largest absolute Gasteiger partial charge is 0.507 e. The highest BCUT2D eigenvalue weighted by Crippen LogP contribution is 2.51. The van der Waals surface area contributed by atoms with Crippen LogP contribution in [0.5, 0.6) is 5.75 Å². The molecule has 0 aliphatic heterocycles. The second-order valence-electron chi connectivity index (χ2n) is 10.9. The van der Waals surface area contributed by atoms with E-state index in [1.54, 1.807) is 30.3 Å². The number of benzene rings is 2. The predicted octanol–water partition coefficient (Wildman–Crippen LogP) is 0.737. The van der Waals surface area contributed by atoms with Crippen molar-refractivity contribution in [2.75, 3.05) is 14.1 Å². The summed E-state index contributed by atoms with van der Waals surface area (Å²) >= 11 is 0. The molecular weight excluding hydrogens is 504 g/mol. The summed E-state index contributed by atoms with van der Waals surface area (Å²) in [6.07, 6.45) is 0.131. The zero-order valence-corrected chi connectivity index (χ0v) is 21.6. The van der Waals surface area contributed by atoms with Gasteiger partial charge in [0.05, 0.1) is 17.5 Å². The number of hydrogen-bond donors (Lipinski definition) is 3. The summed E-state index contributed by atoms with van der Waals surface area (Å²) in [6.45, 7) is 1.45. The Morgan fingerprint density at radius 3 is 2.21 bits per heavy atom. The van der Waals surface area contributed by atoms with Crippen LogP contribution in [0.15, 0.2) is 36.4 Å². The molecule has 0 saturated heterocycles. The van der Waals surface area contributed by atoms with E-state index in [0.29, 0.717) is 22.3 Å². The molecular formula is C29H28N2O8. The van der Waals surface area contributed by atoms with Gasteiger partial charge in [-0.25, -0.2) is 0 Å². The first-order valence-electron chi connectivity index (χ1n) is 12.6. The summed E-state index contributed by atoms with van der Waals surface area (Å²) in [5.74, 6) is -10.9. The summed E-state index contributed by atoms with van der Waals surface area (Å²) in [5, 5.41) is 22.3. The number of amides is 1. The predicted molar refractivity (Wildman–Crippen MR) is 137 cm³/mol. The maximum atomic E-state index is 13.9.